The number of nitro groups is 1. The third kappa shape index (κ3) is 4.30. The normalized spacial score (nSPS) is 10.2. The van der Waals surface area contributed by atoms with Gasteiger partial charge < -0.3 is 10.1 Å². The van der Waals surface area contributed by atoms with E-state index in [0.717, 1.165) is 18.2 Å². The molecular formula is C12H13FN2O5. The summed E-state index contributed by atoms with van der Waals surface area (Å²) in [7, 11) is 0. The van der Waals surface area contributed by atoms with Crippen molar-refractivity contribution in [1.82, 2.24) is 0 Å². The summed E-state index contributed by atoms with van der Waals surface area (Å²) in [6.07, 6.45) is 0. The number of non-ortho nitro benzene ring substituents is 1. The number of nitrogens with zero attached hydrogens (tertiary/aromatic N) is 1. The molecule has 0 spiro atoms. The van der Waals surface area contributed by atoms with Crippen LogP contribution in [0, 0.1) is 21.8 Å². The Morgan fingerprint density at radius 1 is 1.45 bits per heavy atom. The van der Waals surface area contributed by atoms with Gasteiger partial charge in [-0.1, -0.05) is 13.8 Å². The summed E-state index contributed by atoms with van der Waals surface area (Å²) in [5.41, 5.74) is -0.703. The standard InChI is InChI=1S/C12H13FN2O5/c1-7(2)12(17)20-6-11(16)14-10-5-8(15(18)19)3-4-9(10)13/h3-5,7H,6H2,1-2H3,(H,14,16). The van der Waals surface area contributed by atoms with E-state index >= 15 is 0 Å². The zero-order valence-corrected chi connectivity index (χ0v) is 10.9. The molecule has 20 heavy (non-hydrogen) atoms. The van der Waals surface area contributed by atoms with Crippen molar-refractivity contribution in [2.75, 3.05) is 11.9 Å². The SMILES string of the molecule is CC(C)C(=O)OCC(=O)Nc1cc([N+](=O)[O-])ccc1F. The average Bonchev–Trinajstić information content (AvgIpc) is 2.38. The van der Waals surface area contributed by atoms with Crippen LogP contribution in [0.3, 0.4) is 0 Å². The van der Waals surface area contributed by atoms with Gasteiger partial charge in [-0.2, -0.15) is 0 Å². The largest absolute Gasteiger partial charge is 0.455 e. The van der Waals surface area contributed by atoms with E-state index in [2.05, 4.69) is 10.1 Å². The predicted octanol–water partition coefficient (Wildman–Crippen LogP) is 1.87. The summed E-state index contributed by atoms with van der Waals surface area (Å²) in [5, 5.41) is 12.6. The van der Waals surface area contributed by atoms with E-state index in [9.17, 15) is 24.1 Å². The first-order chi connectivity index (χ1) is 9.31. The Hall–Kier alpha value is -2.51. The second-order valence-corrected chi connectivity index (χ2v) is 4.23. The topological polar surface area (TPSA) is 98.5 Å². The number of benzene rings is 1. The highest BCUT2D eigenvalue weighted by molar-refractivity contribution is 5.93. The first kappa shape index (κ1) is 15.5. The highest BCUT2D eigenvalue weighted by Crippen LogP contribution is 2.21. The number of amides is 1. The van der Waals surface area contributed by atoms with E-state index in [4.69, 9.17) is 0 Å². The number of hydrogen-bond donors (Lipinski definition) is 1. The molecule has 1 N–H and O–H groups in total. The number of carbonyl (C=O) groups excluding carboxylic acids is 2. The van der Waals surface area contributed by atoms with E-state index < -0.39 is 35.1 Å². The van der Waals surface area contributed by atoms with Crippen LogP contribution < -0.4 is 5.32 Å². The Morgan fingerprint density at radius 2 is 2.10 bits per heavy atom. The Balaban J connectivity index is 2.68. The summed E-state index contributed by atoms with van der Waals surface area (Å²) in [4.78, 5) is 32.4. The van der Waals surface area contributed by atoms with Gasteiger partial charge in [-0.05, 0) is 6.07 Å². The first-order valence-corrected chi connectivity index (χ1v) is 5.71. The third-order valence-electron chi connectivity index (χ3n) is 2.25. The van der Waals surface area contributed by atoms with E-state index in [1.807, 2.05) is 0 Å². The van der Waals surface area contributed by atoms with Gasteiger partial charge in [0, 0.05) is 12.1 Å². The average molecular weight is 284 g/mol. The van der Waals surface area contributed by atoms with Crippen molar-refractivity contribution in [1.29, 1.82) is 0 Å². The molecule has 0 heterocycles. The third-order valence-corrected chi connectivity index (χ3v) is 2.25. The summed E-state index contributed by atoms with van der Waals surface area (Å²) in [6, 6.07) is 2.73. The molecule has 0 atom stereocenters. The monoisotopic (exact) mass is 284 g/mol. The minimum absolute atomic E-state index is 0.343. The van der Waals surface area contributed by atoms with Gasteiger partial charge in [-0.3, -0.25) is 19.7 Å². The van der Waals surface area contributed by atoms with Gasteiger partial charge in [0.25, 0.3) is 11.6 Å². The molecule has 0 saturated carbocycles. The van der Waals surface area contributed by atoms with Gasteiger partial charge in [0.05, 0.1) is 16.5 Å². The number of nitro benzene ring substituents is 1. The van der Waals surface area contributed by atoms with Crippen molar-refractivity contribution in [3.05, 3.63) is 34.1 Å². The fourth-order valence-corrected chi connectivity index (χ4v) is 1.21. The number of hydrogen-bond acceptors (Lipinski definition) is 5. The molecule has 0 aromatic heterocycles. The highest BCUT2D eigenvalue weighted by atomic mass is 19.1. The molecule has 0 saturated heterocycles. The van der Waals surface area contributed by atoms with E-state index in [1.165, 1.54) is 0 Å². The van der Waals surface area contributed by atoms with Crippen molar-refractivity contribution in [3.8, 4) is 0 Å². The number of ether oxygens (including phenoxy) is 1. The summed E-state index contributed by atoms with van der Waals surface area (Å²) >= 11 is 0. The maximum absolute atomic E-state index is 13.4. The first-order valence-electron chi connectivity index (χ1n) is 5.71. The summed E-state index contributed by atoms with van der Waals surface area (Å²) in [5.74, 6) is -2.56. The molecule has 0 aliphatic carbocycles. The molecule has 8 heteroatoms. The number of nitrogens with one attached hydrogen (secondary N) is 1. The van der Waals surface area contributed by atoms with Crippen molar-refractivity contribution in [3.63, 3.8) is 0 Å². The van der Waals surface area contributed by atoms with Crippen LogP contribution in [-0.4, -0.2) is 23.4 Å². The molecule has 1 rings (SSSR count). The highest BCUT2D eigenvalue weighted by Gasteiger charge is 2.15. The van der Waals surface area contributed by atoms with Gasteiger partial charge in [0.15, 0.2) is 6.61 Å². The van der Waals surface area contributed by atoms with Crippen LogP contribution in [0.1, 0.15) is 13.8 Å². The van der Waals surface area contributed by atoms with E-state index in [-0.39, 0.29) is 11.4 Å². The van der Waals surface area contributed by atoms with Gasteiger partial charge >= 0.3 is 5.97 Å². The molecule has 1 aromatic rings. The lowest BCUT2D eigenvalue weighted by Gasteiger charge is -2.08. The van der Waals surface area contributed by atoms with Gasteiger partial charge in [-0.15, -0.1) is 0 Å². The van der Waals surface area contributed by atoms with Crippen molar-refractivity contribution in [2.24, 2.45) is 5.92 Å². The Morgan fingerprint density at radius 3 is 2.65 bits per heavy atom. The molecule has 7 nitrogen and oxygen atoms in total. The van der Waals surface area contributed by atoms with Crippen LogP contribution >= 0.6 is 0 Å². The lowest BCUT2D eigenvalue weighted by molar-refractivity contribution is -0.384. The number of esters is 1. The molecule has 1 aromatic carbocycles. The van der Waals surface area contributed by atoms with Crippen molar-refractivity contribution < 1.29 is 23.6 Å². The Bertz CT molecular complexity index is 545. The van der Waals surface area contributed by atoms with Crippen molar-refractivity contribution in [2.45, 2.75) is 13.8 Å². The zero-order chi connectivity index (χ0) is 15.3. The Kier molecular flexibility index (Phi) is 5.13. The maximum atomic E-state index is 13.4. The summed E-state index contributed by atoms with van der Waals surface area (Å²) in [6.45, 7) is 2.61. The molecular weight excluding hydrogens is 271 g/mol. The lowest BCUT2D eigenvalue weighted by atomic mass is 10.2. The van der Waals surface area contributed by atoms with Crippen LogP contribution in [0.4, 0.5) is 15.8 Å². The summed E-state index contributed by atoms with van der Waals surface area (Å²) < 4.78 is 18.0. The fraction of sp³-hybridized carbons (Fsp3) is 0.333. The van der Waals surface area contributed by atoms with Crippen molar-refractivity contribution >= 4 is 23.3 Å². The van der Waals surface area contributed by atoms with Crippen LogP contribution in [0.2, 0.25) is 0 Å². The smallest absolute Gasteiger partial charge is 0.308 e. The minimum Gasteiger partial charge on any atom is -0.455 e. The van der Waals surface area contributed by atoms with Crippen LogP contribution in [-0.2, 0) is 14.3 Å². The number of halogens is 1. The van der Waals surface area contributed by atoms with E-state index in [0.29, 0.717) is 0 Å². The molecule has 0 radical (unpaired) electrons. The van der Waals surface area contributed by atoms with Crippen LogP contribution in [0.25, 0.3) is 0 Å². The van der Waals surface area contributed by atoms with Crippen LogP contribution in [0.5, 0.6) is 0 Å². The zero-order valence-electron chi connectivity index (χ0n) is 10.9. The van der Waals surface area contributed by atoms with Gasteiger partial charge in [0.2, 0.25) is 0 Å². The molecule has 0 aliphatic heterocycles. The van der Waals surface area contributed by atoms with Gasteiger partial charge in [0.1, 0.15) is 5.82 Å². The molecule has 0 unspecified atom stereocenters. The molecule has 0 aliphatic rings. The van der Waals surface area contributed by atoms with Crippen LogP contribution in [0.15, 0.2) is 18.2 Å². The number of anilines is 1. The second-order valence-electron chi connectivity index (χ2n) is 4.23. The lowest BCUT2D eigenvalue weighted by Crippen LogP contribution is -2.23. The van der Waals surface area contributed by atoms with Gasteiger partial charge in [-0.25, -0.2) is 4.39 Å². The van der Waals surface area contributed by atoms with E-state index in [1.54, 1.807) is 13.8 Å². The second kappa shape index (κ2) is 6.60. The Labute approximate surface area is 113 Å². The number of carbonyl (C=O) groups is 2. The molecule has 1 amide bonds. The minimum atomic E-state index is -0.820. The molecule has 0 bridgehead atoms. The number of rotatable bonds is 5. The molecule has 108 valence electrons. The fourth-order valence-electron chi connectivity index (χ4n) is 1.21. The molecule has 0 fully saturated rings. The quantitative estimate of drug-likeness (QED) is 0.505. The predicted molar refractivity (Wildman–Crippen MR) is 67.5 cm³/mol. The maximum Gasteiger partial charge on any atom is 0.308 e.